The van der Waals surface area contributed by atoms with Crippen LogP contribution in [0.5, 0.6) is 0 Å². The van der Waals surface area contributed by atoms with Gasteiger partial charge >= 0.3 is 6.09 Å². The van der Waals surface area contributed by atoms with Gasteiger partial charge in [-0.1, -0.05) is 13.0 Å². The van der Waals surface area contributed by atoms with Crippen molar-refractivity contribution in [3.8, 4) is 6.07 Å². The maximum atomic E-state index is 11.6. The standard InChI is InChI=1S/C17H24N4O2/c1-4-9-19-17(22)23-15-7-6-14(11-15)16-12(2)20-21(13(16)3)10-5-8-18/h6-7,14-15H,4-5,9-11H2,1-3H3,(H,19,22)/t14-,15+/m0/s1. The van der Waals surface area contributed by atoms with Gasteiger partial charge in [0.1, 0.15) is 6.10 Å². The Morgan fingerprint density at radius 1 is 1.52 bits per heavy atom. The number of amides is 1. The van der Waals surface area contributed by atoms with Crippen molar-refractivity contribution in [3.63, 3.8) is 0 Å². The Morgan fingerprint density at radius 3 is 3.00 bits per heavy atom. The molecule has 1 aromatic heterocycles. The van der Waals surface area contributed by atoms with Gasteiger partial charge in [-0.2, -0.15) is 10.4 Å². The Morgan fingerprint density at radius 2 is 2.30 bits per heavy atom. The molecule has 1 amide bonds. The van der Waals surface area contributed by atoms with Crippen LogP contribution in [0.2, 0.25) is 0 Å². The zero-order valence-corrected chi connectivity index (χ0v) is 14.0. The summed E-state index contributed by atoms with van der Waals surface area (Å²) in [4.78, 5) is 11.6. The molecule has 0 aromatic carbocycles. The average Bonchev–Trinajstić information content (AvgIpc) is 3.07. The molecule has 1 N–H and O–H groups in total. The number of hydrogen-bond donors (Lipinski definition) is 1. The highest BCUT2D eigenvalue weighted by Gasteiger charge is 2.27. The Labute approximate surface area is 137 Å². The van der Waals surface area contributed by atoms with Gasteiger partial charge in [0.15, 0.2) is 0 Å². The van der Waals surface area contributed by atoms with E-state index in [1.54, 1.807) is 0 Å². The zero-order valence-electron chi connectivity index (χ0n) is 14.0. The Kier molecular flexibility index (Phi) is 5.80. The first-order valence-corrected chi connectivity index (χ1v) is 8.10. The monoisotopic (exact) mass is 316 g/mol. The number of rotatable bonds is 6. The van der Waals surface area contributed by atoms with Crippen LogP contribution in [0.3, 0.4) is 0 Å². The normalized spacial score (nSPS) is 19.6. The molecule has 6 nitrogen and oxygen atoms in total. The lowest BCUT2D eigenvalue weighted by Gasteiger charge is -2.14. The van der Waals surface area contributed by atoms with Crippen LogP contribution in [-0.2, 0) is 11.3 Å². The molecule has 0 spiro atoms. The minimum absolute atomic E-state index is 0.196. The predicted molar refractivity (Wildman–Crippen MR) is 87.0 cm³/mol. The summed E-state index contributed by atoms with van der Waals surface area (Å²) in [6, 6.07) is 2.15. The number of nitrogens with one attached hydrogen (secondary N) is 1. The molecule has 1 aliphatic carbocycles. The van der Waals surface area contributed by atoms with E-state index in [0.29, 0.717) is 19.5 Å². The van der Waals surface area contributed by atoms with E-state index in [0.717, 1.165) is 24.2 Å². The number of allylic oxidation sites excluding steroid dienone is 1. The summed E-state index contributed by atoms with van der Waals surface area (Å²) in [7, 11) is 0. The van der Waals surface area contributed by atoms with E-state index in [4.69, 9.17) is 10.00 Å². The third-order valence-corrected chi connectivity index (χ3v) is 4.07. The van der Waals surface area contributed by atoms with E-state index >= 15 is 0 Å². The molecule has 0 radical (unpaired) electrons. The quantitative estimate of drug-likeness (QED) is 0.818. The fourth-order valence-corrected chi connectivity index (χ4v) is 2.99. The first-order chi connectivity index (χ1) is 11.1. The van der Waals surface area contributed by atoms with Crippen molar-refractivity contribution in [2.45, 2.75) is 58.6 Å². The molecule has 1 aliphatic rings. The SMILES string of the molecule is CCCNC(=O)O[C@@H]1C=C[C@H](c2c(C)nn(CCC#N)c2C)C1. The third-order valence-electron chi connectivity index (χ3n) is 4.07. The van der Waals surface area contributed by atoms with Gasteiger partial charge < -0.3 is 10.1 Å². The van der Waals surface area contributed by atoms with E-state index in [-0.39, 0.29) is 18.1 Å². The van der Waals surface area contributed by atoms with Crippen LogP contribution in [0.15, 0.2) is 12.2 Å². The minimum atomic E-state index is -0.361. The smallest absolute Gasteiger partial charge is 0.407 e. The summed E-state index contributed by atoms with van der Waals surface area (Å²) in [5.41, 5.74) is 3.24. The molecule has 0 bridgehead atoms. The van der Waals surface area contributed by atoms with Gasteiger partial charge in [-0.15, -0.1) is 0 Å². The van der Waals surface area contributed by atoms with Crippen LogP contribution < -0.4 is 5.32 Å². The van der Waals surface area contributed by atoms with Crippen LogP contribution in [0, 0.1) is 25.2 Å². The Balaban J connectivity index is 2.00. The number of aryl methyl sites for hydroxylation is 2. The van der Waals surface area contributed by atoms with E-state index < -0.39 is 0 Å². The average molecular weight is 316 g/mol. The second-order valence-corrected chi connectivity index (χ2v) is 5.81. The lowest BCUT2D eigenvalue weighted by Crippen LogP contribution is -2.28. The lowest BCUT2D eigenvalue weighted by molar-refractivity contribution is 0.118. The second kappa shape index (κ2) is 7.82. The molecule has 0 fully saturated rings. The predicted octanol–water partition coefficient (Wildman–Crippen LogP) is 2.96. The van der Waals surface area contributed by atoms with Crippen LogP contribution in [0.4, 0.5) is 4.79 Å². The molecule has 2 rings (SSSR count). The van der Waals surface area contributed by atoms with E-state index in [9.17, 15) is 4.79 Å². The summed E-state index contributed by atoms with van der Waals surface area (Å²) in [6.07, 6.45) is 5.55. The Hall–Kier alpha value is -2.29. The van der Waals surface area contributed by atoms with Crippen LogP contribution in [-0.4, -0.2) is 28.5 Å². The maximum Gasteiger partial charge on any atom is 0.407 e. The van der Waals surface area contributed by atoms with Crippen molar-refractivity contribution < 1.29 is 9.53 Å². The number of nitrogens with zero attached hydrogens (tertiary/aromatic N) is 3. The molecular weight excluding hydrogens is 292 g/mol. The fourth-order valence-electron chi connectivity index (χ4n) is 2.99. The molecule has 0 unspecified atom stereocenters. The number of ether oxygens (including phenoxy) is 1. The van der Waals surface area contributed by atoms with Crippen molar-refractivity contribution in [2.24, 2.45) is 0 Å². The van der Waals surface area contributed by atoms with Crippen molar-refractivity contribution in [1.82, 2.24) is 15.1 Å². The van der Waals surface area contributed by atoms with Crippen molar-refractivity contribution in [1.29, 1.82) is 5.26 Å². The molecule has 23 heavy (non-hydrogen) atoms. The minimum Gasteiger partial charge on any atom is -0.442 e. The van der Waals surface area contributed by atoms with Crippen molar-refractivity contribution >= 4 is 6.09 Å². The molecule has 0 saturated carbocycles. The fraction of sp³-hybridized carbons (Fsp3) is 0.588. The summed E-state index contributed by atoms with van der Waals surface area (Å²) < 4.78 is 7.30. The number of carbonyl (C=O) groups is 1. The first-order valence-electron chi connectivity index (χ1n) is 8.10. The van der Waals surface area contributed by atoms with Gasteiger partial charge in [0.2, 0.25) is 0 Å². The van der Waals surface area contributed by atoms with Crippen LogP contribution in [0.1, 0.15) is 49.1 Å². The highest BCUT2D eigenvalue weighted by molar-refractivity contribution is 5.67. The highest BCUT2D eigenvalue weighted by atomic mass is 16.6. The molecule has 6 heteroatoms. The molecule has 124 valence electrons. The molecule has 1 heterocycles. The third kappa shape index (κ3) is 4.13. The largest absolute Gasteiger partial charge is 0.442 e. The molecule has 1 aromatic rings. The summed E-state index contributed by atoms with van der Waals surface area (Å²) >= 11 is 0. The van der Waals surface area contributed by atoms with Gasteiger partial charge in [0.05, 0.1) is 24.7 Å². The topological polar surface area (TPSA) is 79.9 Å². The highest BCUT2D eigenvalue weighted by Crippen LogP contribution is 2.34. The van der Waals surface area contributed by atoms with E-state index in [1.807, 2.05) is 31.5 Å². The number of alkyl carbamates (subject to hydrolysis) is 1. The van der Waals surface area contributed by atoms with Crippen LogP contribution in [0.25, 0.3) is 0 Å². The number of aromatic nitrogens is 2. The van der Waals surface area contributed by atoms with Gasteiger partial charge in [-0.25, -0.2) is 4.79 Å². The summed E-state index contributed by atoms with van der Waals surface area (Å²) in [5, 5.41) is 16.0. The lowest BCUT2D eigenvalue weighted by atomic mass is 9.96. The zero-order chi connectivity index (χ0) is 16.8. The van der Waals surface area contributed by atoms with Gasteiger partial charge in [-0.05, 0) is 32.8 Å². The van der Waals surface area contributed by atoms with E-state index in [2.05, 4.69) is 22.6 Å². The summed E-state index contributed by atoms with van der Waals surface area (Å²) in [5.74, 6) is 0.204. The van der Waals surface area contributed by atoms with Crippen molar-refractivity contribution in [3.05, 3.63) is 29.1 Å². The summed E-state index contributed by atoms with van der Waals surface area (Å²) in [6.45, 7) is 7.26. The van der Waals surface area contributed by atoms with Crippen molar-refractivity contribution in [2.75, 3.05) is 6.54 Å². The van der Waals surface area contributed by atoms with Crippen LogP contribution >= 0.6 is 0 Å². The number of carbonyl (C=O) groups excluding carboxylic acids is 1. The van der Waals surface area contributed by atoms with E-state index in [1.165, 1.54) is 5.56 Å². The van der Waals surface area contributed by atoms with Gasteiger partial charge in [0, 0.05) is 23.7 Å². The number of hydrogen-bond acceptors (Lipinski definition) is 4. The van der Waals surface area contributed by atoms with Gasteiger partial charge in [0.25, 0.3) is 0 Å². The maximum absolute atomic E-state index is 11.6. The molecule has 2 atom stereocenters. The Bertz CT molecular complexity index is 627. The molecular formula is C17H24N4O2. The number of nitriles is 1. The second-order valence-electron chi connectivity index (χ2n) is 5.81. The first kappa shape index (κ1) is 17.1. The van der Waals surface area contributed by atoms with Gasteiger partial charge in [-0.3, -0.25) is 4.68 Å². The molecule has 0 saturated heterocycles. The molecule has 0 aliphatic heterocycles.